The van der Waals surface area contributed by atoms with Gasteiger partial charge < -0.3 is 10.1 Å². The third kappa shape index (κ3) is 3.82. The van der Waals surface area contributed by atoms with E-state index in [0.29, 0.717) is 16.8 Å². The lowest BCUT2D eigenvalue weighted by atomic mass is 10.0. The molecule has 0 aromatic heterocycles. The number of methoxy groups -OCH3 is 1. The molecule has 0 aliphatic rings. The lowest BCUT2D eigenvalue weighted by Gasteiger charge is -2.07. The zero-order valence-corrected chi connectivity index (χ0v) is 12.5. The molecule has 1 N–H and O–H groups in total. The number of carbonyl (C=O) groups is 2. The van der Waals surface area contributed by atoms with E-state index in [2.05, 4.69) is 10.1 Å². The fourth-order valence-electron chi connectivity index (χ4n) is 2.02. The lowest BCUT2D eigenvalue weighted by molar-refractivity contribution is -0.111. The van der Waals surface area contributed by atoms with E-state index in [1.807, 2.05) is 36.4 Å². The molecule has 4 heteroatoms. The van der Waals surface area contributed by atoms with Gasteiger partial charge in [0.05, 0.1) is 12.7 Å². The molecule has 0 heterocycles. The number of benzene rings is 2. The average molecular weight is 295 g/mol. The number of nitrogens with one attached hydrogen (secondary N) is 1. The predicted molar refractivity (Wildman–Crippen MR) is 86.5 cm³/mol. The van der Waals surface area contributed by atoms with Gasteiger partial charge in [-0.2, -0.15) is 0 Å². The molecular formula is C18H17NO3. The number of esters is 1. The van der Waals surface area contributed by atoms with Gasteiger partial charge in [0, 0.05) is 17.5 Å². The molecule has 0 radical (unpaired) electrons. The van der Waals surface area contributed by atoms with E-state index >= 15 is 0 Å². The van der Waals surface area contributed by atoms with Crippen molar-refractivity contribution in [2.75, 3.05) is 12.4 Å². The van der Waals surface area contributed by atoms with E-state index in [0.717, 1.165) is 5.56 Å². The Labute approximate surface area is 129 Å². The molecule has 0 fully saturated rings. The minimum Gasteiger partial charge on any atom is -0.465 e. The van der Waals surface area contributed by atoms with Crippen molar-refractivity contribution in [2.24, 2.45) is 0 Å². The Balaban J connectivity index is 2.25. The molecule has 112 valence electrons. The maximum absolute atomic E-state index is 11.8. The molecule has 22 heavy (non-hydrogen) atoms. The van der Waals surface area contributed by atoms with Crippen LogP contribution in [0, 0.1) is 0 Å². The van der Waals surface area contributed by atoms with E-state index in [1.165, 1.54) is 14.0 Å². The Bertz CT molecular complexity index is 705. The Morgan fingerprint density at radius 1 is 1.00 bits per heavy atom. The summed E-state index contributed by atoms with van der Waals surface area (Å²) >= 11 is 0. The number of ether oxygens (including phenoxy) is 1. The fraction of sp³-hybridized carbons (Fsp3) is 0.111. The quantitative estimate of drug-likeness (QED) is 0.677. The maximum atomic E-state index is 11.8. The summed E-state index contributed by atoms with van der Waals surface area (Å²) in [6.45, 7) is 1.52. The molecule has 0 atom stereocenters. The van der Waals surface area contributed by atoms with Crippen LogP contribution in [0.25, 0.3) is 5.57 Å². The topological polar surface area (TPSA) is 55.4 Å². The van der Waals surface area contributed by atoms with Gasteiger partial charge in [0.25, 0.3) is 0 Å². The number of ketones is 1. The van der Waals surface area contributed by atoms with Crippen molar-refractivity contribution in [1.82, 2.24) is 0 Å². The normalized spacial score (nSPS) is 10.9. The van der Waals surface area contributed by atoms with Gasteiger partial charge in [-0.25, -0.2) is 4.79 Å². The molecule has 2 rings (SSSR count). The molecule has 0 bridgehead atoms. The second kappa shape index (κ2) is 7.22. The first-order valence-corrected chi connectivity index (χ1v) is 6.83. The first-order valence-electron chi connectivity index (χ1n) is 6.83. The smallest absolute Gasteiger partial charge is 0.337 e. The van der Waals surface area contributed by atoms with Gasteiger partial charge >= 0.3 is 5.97 Å². The van der Waals surface area contributed by atoms with Gasteiger partial charge in [-0.05, 0) is 30.7 Å². The minimum atomic E-state index is -0.400. The van der Waals surface area contributed by atoms with Crippen molar-refractivity contribution < 1.29 is 14.3 Å². The molecule has 0 amide bonds. The van der Waals surface area contributed by atoms with Crippen molar-refractivity contribution in [3.63, 3.8) is 0 Å². The van der Waals surface area contributed by atoms with Crippen molar-refractivity contribution in [3.8, 4) is 0 Å². The van der Waals surface area contributed by atoms with E-state index in [1.54, 1.807) is 24.4 Å². The standard InChI is InChI=1S/C18H17NO3/c1-13(20)17(14-7-4-3-5-8-14)12-19-16-10-6-9-15(11-16)18(21)22-2/h3-12,19H,1-2H3/b17-12-. The predicted octanol–water partition coefficient (Wildman–Crippen LogP) is 3.52. The number of allylic oxidation sites excluding steroid dienone is 1. The highest BCUT2D eigenvalue weighted by molar-refractivity contribution is 6.19. The molecule has 2 aromatic carbocycles. The minimum absolute atomic E-state index is 0.0391. The summed E-state index contributed by atoms with van der Waals surface area (Å²) in [5.74, 6) is -0.440. The van der Waals surface area contributed by atoms with Crippen LogP contribution in [0.2, 0.25) is 0 Å². The highest BCUT2D eigenvalue weighted by atomic mass is 16.5. The van der Waals surface area contributed by atoms with Crippen LogP contribution in [0.4, 0.5) is 5.69 Å². The zero-order chi connectivity index (χ0) is 15.9. The number of hydrogen-bond donors (Lipinski definition) is 1. The molecular weight excluding hydrogens is 278 g/mol. The molecule has 0 saturated heterocycles. The number of Topliss-reactive ketones (excluding diaryl/α,β-unsaturated/α-hetero) is 1. The van der Waals surface area contributed by atoms with Gasteiger partial charge in [-0.15, -0.1) is 0 Å². The Morgan fingerprint density at radius 3 is 2.32 bits per heavy atom. The maximum Gasteiger partial charge on any atom is 0.337 e. The Hall–Kier alpha value is -2.88. The van der Waals surface area contributed by atoms with Gasteiger partial charge in [0.15, 0.2) is 5.78 Å². The van der Waals surface area contributed by atoms with Crippen molar-refractivity contribution in [2.45, 2.75) is 6.92 Å². The molecule has 2 aromatic rings. The monoisotopic (exact) mass is 295 g/mol. The lowest BCUT2D eigenvalue weighted by Crippen LogP contribution is -2.03. The highest BCUT2D eigenvalue weighted by Crippen LogP contribution is 2.17. The van der Waals surface area contributed by atoms with Crippen LogP contribution in [0.15, 0.2) is 60.8 Å². The summed E-state index contributed by atoms with van der Waals surface area (Å²) < 4.78 is 4.69. The summed E-state index contributed by atoms with van der Waals surface area (Å²) in [6.07, 6.45) is 1.65. The summed E-state index contributed by atoms with van der Waals surface area (Å²) in [5, 5.41) is 3.05. The fourth-order valence-corrected chi connectivity index (χ4v) is 2.02. The zero-order valence-electron chi connectivity index (χ0n) is 12.5. The van der Waals surface area contributed by atoms with E-state index in [4.69, 9.17) is 0 Å². The number of anilines is 1. The van der Waals surface area contributed by atoms with Crippen LogP contribution in [0.1, 0.15) is 22.8 Å². The van der Waals surface area contributed by atoms with Crippen LogP contribution >= 0.6 is 0 Å². The van der Waals surface area contributed by atoms with Crippen LogP contribution in [0.3, 0.4) is 0 Å². The van der Waals surface area contributed by atoms with Crippen LogP contribution < -0.4 is 5.32 Å². The first-order chi connectivity index (χ1) is 10.6. The average Bonchev–Trinajstić information content (AvgIpc) is 2.55. The summed E-state index contributed by atoms with van der Waals surface area (Å²) in [4.78, 5) is 23.3. The summed E-state index contributed by atoms with van der Waals surface area (Å²) in [6, 6.07) is 16.3. The van der Waals surface area contributed by atoms with Crippen molar-refractivity contribution in [3.05, 3.63) is 71.9 Å². The second-order valence-corrected chi connectivity index (χ2v) is 4.70. The van der Waals surface area contributed by atoms with E-state index in [-0.39, 0.29) is 5.78 Å². The van der Waals surface area contributed by atoms with E-state index in [9.17, 15) is 9.59 Å². The highest BCUT2D eigenvalue weighted by Gasteiger charge is 2.08. The molecule has 0 unspecified atom stereocenters. The largest absolute Gasteiger partial charge is 0.465 e. The van der Waals surface area contributed by atoms with Gasteiger partial charge in [-0.3, -0.25) is 4.79 Å². The molecule has 4 nitrogen and oxygen atoms in total. The second-order valence-electron chi connectivity index (χ2n) is 4.70. The van der Waals surface area contributed by atoms with Crippen LogP contribution in [0.5, 0.6) is 0 Å². The van der Waals surface area contributed by atoms with Gasteiger partial charge in [0.2, 0.25) is 0 Å². The Morgan fingerprint density at radius 2 is 1.68 bits per heavy atom. The van der Waals surface area contributed by atoms with Crippen molar-refractivity contribution in [1.29, 1.82) is 0 Å². The number of hydrogen-bond acceptors (Lipinski definition) is 4. The van der Waals surface area contributed by atoms with Crippen LogP contribution in [-0.4, -0.2) is 18.9 Å². The first kappa shape index (κ1) is 15.5. The number of carbonyl (C=O) groups excluding carboxylic acids is 2. The van der Waals surface area contributed by atoms with Gasteiger partial charge in [0.1, 0.15) is 0 Å². The summed E-state index contributed by atoms with van der Waals surface area (Å²) in [5.41, 5.74) is 2.57. The van der Waals surface area contributed by atoms with Gasteiger partial charge in [-0.1, -0.05) is 36.4 Å². The summed E-state index contributed by atoms with van der Waals surface area (Å²) in [7, 11) is 1.34. The Kier molecular flexibility index (Phi) is 5.09. The third-order valence-corrected chi connectivity index (χ3v) is 3.13. The molecule has 0 aliphatic heterocycles. The number of rotatable bonds is 5. The third-order valence-electron chi connectivity index (χ3n) is 3.13. The molecule has 0 aliphatic carbocycles. The molecule has 0 spiro atoms. The van der Waals surface area contributed by atoms with Crippen molar-refractivity contribution >= 4 is 23.0 Å². The SMILES string of the molecule is COC(=O)c1cccc(N/C=C(/C(C)=O)c2ccccc2)c1. The molecule has 0 saturated carbocycles. The van der Waals surface area contributed by atoms with E-state index < -0.39 is 5.97 Å². The van der Waals surface area contributed by atoms with Crippen LogP contribution in [-0.2, 0) is 9.53 Å².